The van der Waals surface area contributed by atoms with Crippen LogP contribution in [-0.4, -0.2) is 39.7 Å². The monoisotopic (exact) mass is 285 g/mol. The number of carbonyl (C=O) groups excluding carboxylic acids is 1. The first kappa shape index (κ1) is 15.7. The molecule has 0 aromatic heterocycles. The summed E-state index contributed by atoms with van der Waals surface area (Å²) in [6.07, 6.45) is 0.893. The summed E-state index contributed by atoms with van der Waals surface area (Å²) in [5.41, 5.74) is 1.27. The molecular weight excluding hydrogens is 266 g/mol. The van der Waals surface area contributed by atoms with E-state index in [1.165, 1.54) is 11.4 Å². The van der Waals surface area contributed by atoms with E-state index in [1.807, 2.05) is 0 Å². The van der Waals surface area contributed by atoms with Crippen LogP contribution in [-0.2, 0) is 14.8 Å². The van der Waals surface area contributed by atoms with Crippen molar-refractivity contribution in [2.24, 2.45) is 0 Å². The zero-order valence-electron chi connectivity index (χ0n) is 11.6. The molecule has 0 saturated heterocycles. The maximum Gasteiger partial charge on any atom is 0.243 e. The van der Waals surface area contributed by atoms with E-state index in [0.717, 1.165) is 0 Å². The average Bonchev–Trinajstić information content (AvgIpc) is 2.34. The molecule has 106 valence electrons. The second-order valence-corrected chi connectivity index (χ2v) is 6.35. The zero-order chi connectivity index (χ0) is 14.6. The highest BCUT2D eigenvalue weighted by molar-refractivity contribution is 7.89. The number of rotatable bonds is 6. The lowest BCUT2D eigenvalue weighted by Gasteiger charge is -2.19. The fourth-order valence-corrected chi connectivity index (χ4v) is 3.53. The molecule has 0 bridgehead atoms. The Balaban J connectivity index is 3.25. The van der Waals surface area contributed by atoms with Gasteiger partial charge in [0.2, 0.25) is 10.0 Å². The summed E-state index contributed by atoms with van der Waals surface area (Å²) in [5.74, 6) is 0.629. The number of aldehydes is 1. The predicted octanol–water partition coefficient (Wildman–Crippen LogP) is 1.52. The third-order valence-corrected chi connectivity index (χ3v) is 5.06. The molecule has 0 amide bonds. The van der Waals surface area contributed by atoms with Crippen molar-refractivity contribution >= 4 is 16.3 Å². The van der Waals surface area contributed by atoms with E-state index < -0.39 is 10.0 Å². The van der Waals surface area contributed by atoms with Gasteiger partial charge in [0.1, 0.15) is 12.0 Å². The van der Waals surface area contributed by atoms with E-state index >= 15 is 0 Å². The Morgan fingerprint density at radius 2 is 1.79 bits per heavy atom. The molecular formula is C13H19NO4S. The van der Waals surface area contributed by atoms with Crippen LogP contribution in [0.3, 0.4) is 0 Å². The van der Waals surface area contributed by atoms with E-state index in [4.69, 9.17) is 4.74 Å². The van der Waals surface area contributed by atoms with Crippen LogP contribution in [0.2, 0.25) is 0 Å². The lowest BCUT2D eigenvalue weighted by atomic mass is 10.1. The van der Waals surface area contributed by atoms with Gasteiger partial charge in [0.25, 0.3) is 0 Å². The number of methoxy groups -OCH3 is 1. The fourth-order valence-electron chi connectivity index (χ4n) is 1.95. The van der Waals surface area contributed by atoms with E-state index in [9.17, 15) is 13.2 Å². The molecule has 0 saturated carbocycles. The second-order valence-electron chi connectivity index (χ2n) is 4.37. The van der Waals surface area contributed by atoms with Crippen molar-refractivity contribution in [1.82, 2.24) is 4.31 Å². The van der Waals surface area contributed by atoms with Crippen LogP contribution in [0.4, 0.5) is 0 Å². The standard InChI is InChI=1S/C13H19NO4S/c1-10-8-12(18-4)9-11(2)13(10)19(16,17)14(3)6-5-7-15/h7-9H,5-6H2,1-4H3. The Bertz CT molecular complexity index is 543. The minimum absolute atomic E-state index is 0.177. The average molecular weight is 285 g/mol. The minimum Gasteiger partial charge on any atom is -0.497 e. The van der Waals surface area contributed by atoms with Crippen molar-refractivity contribution in [1.29, 1.82) is 0 Å². The molecule has 0 atom stereocenters. The van der Waals surface area contributed by atoms with E-state index in [0.29, 0.717) is 23.2 Å². The summed E-state index contributed by atoms with van der Waals surface area (Å²) in [6.45, 7) is 3.64. The molecule has 0 aliphatic carbocycles. The van der Waals surface area contributed by atoms with Crippen molar-refractivity contribution in [3.8, 4) is 5.75 Å². The first-order valence-corrected chi connectivity index (χ1v) is 7.33. The highest BCUT2D eigenvalue weighted by Crippen LogP contribution is 2.27. The van der Waals surface area contributed by atoms with Gasteiger partial charge in [-0.2, -0.15) is 0 Å². The van der Waals surface area contributed by atoms with Crippen LogP contribution in [0, 0.1) is 13.8 Å². The number of hydrogen-bond donors (Lipinski definition) is 0. The Hall–Kier alpha value is -1.40. The summed E-state index contributed by atoms with van der Waals surface area (Å²) in [6, 6.07) is 3.38. The number of carbonyl (C=O) groups is 1. The van der Waals surface area contributed by atoms with Crippen LogP contribution in [0.1, 0.15) is 17.5 Å². The topological polar surface area (TPSA) is 63.7 Å². The Morgan fingerprint density at radius 3 is 2.21 bits per heavy atom. The van der Waals surface area contributed by atoms with Crippen LogP contribution in [0.5, 0.6) is 5.75 Å². The SMILES string of the molecule is COc1cc(C)c(S(=O)(=O)N(C)CCC=O)c(C)c1. The van der Waals surface area contributed by atoms with Crippen molar-refractivity contribution in [3.05, 3.63) is 23.3 Å². The van der Waals surface area contributed by atoms with Crippen LogP contribution < -0.4 is 4.74 Å². The lowest BCUT2D eigenvalue weighted by molar-refractivity contribution is -0.107. The first-order valence-electron chi connectivity index (χ1n) is 5.89. The van der Waals surface area contributed by atoms with Gasteiger partial charge in [0.05, 0.1) is 12.0 Å². The van der Waals surface area contributed by atoms with E-state index in [2.05, 4.69) is 0 Å². The maximum absolute atomic E-state index is 12.4. The quantitative estimate of drug-likeness (QED) is 0.743. The third kappa shape index (κ3) is 3.33. The van der Waals surface area contributed by atoms with E-state index in [-0.39, 0.29) is 17.9 Å². The zero-order valence-corrected chi connectivity index (χ0v) is 12.5. The molecule has 0 fully saturated rings. The highest BCUT2D eigenvalue weighted by atomic mass is 32.2. The maximum atomic E-state index is 12.4. The molecule has 0 aliphatic rings. The van der Waals surface area contributed by atoms with Crippen molar-refractivity contribution in [2.45, 2.75) is 25.2 Å². The molecule has 1 aromatic carbocycles. The van der Waals surface area contributed by atoms with Gasteiger partial charge in [0, 0.05) is 20.0 Å². The molecule has 6 heteroatoms. The summed E-state index contributed by atoms with van der Waals surface area (Å²) in [5, 5.41) is 0. The number of benzene rings is 1. The Morgan fingerprint density at radius 1 is 1.26 bits per heavy atom. The molecule has 0 aliphatic heterocycles. The van der Waals surface area contributed by atoms with Gasteiger partial charge in [-0.15, -0.1) is 0 Å². The van der Waals surface area contributed by atoms with Gasteiger partial charge in [-0.25, -0.2) is 12.7 Å². The predicted molar refractivity (Wildman–Crippen MR) is 73.0 cm³/mol. The highest BCUT2D eigenvalue weighted by Gasteiger charge is 2.24. The van der Waals surface area contributed by atoms with Gasteiger partial charge in [0.15, 0.2) is 0 Å². The number of ether oxygens (including phenoxy) is 1. The third-order valence-electron chi connectivity index (χ3n) is 2.90. The number of hydrogen-bond acceptors (Lipinski definition) is 4. The molecule has 1 rings (SSSR count). The van der Waals surface area contributed by atoms with E-state index in [1.54, 1.807) is 33.1 Å². The van der Waals surface area contributed by atoms with Crippen molar-refractivity contribution in [2.75, 3.05) is 20.7 Å². The Labute approximate surface area is 114 Å². The second kappa shape index (κ2) is 6.16. The number of aryl methyl sites for hydroxylation is 2. The molecule has 0 heterocycles. The van der Waals surface area contributed by atoms with Crippen molar-refractivity contribution in [3.63, 3.8) is 0 Å². The normalized spacial score (nSPS) is 11.6. The molecule has 0 N–H and O–H groups in total. The van der Waals surface area contributed by atoms with Crippen LogP contribution in [0.15, 0.2) is 17.0 Å². The molecule has 19 heavy (non-hydrogen) atoms. The van der Waals surface area contributed by atoms with Gasteiger partial charge in [-0.05, 0) is 37.1 Å². The van der Waals surface area contributed by atoms with Crippen molar-refractivity contribution < 1.29 is 17.9 Å². The first-order chi connectivity index (χ1) is 8.84. The summed E-state index contributed by atoms with van der Waals surface area (Å²) >= 11 is 0. The molecule has 0 spiro atoms. The lowest BCUT2D eigenvalue weighted by Crippen LogP contribution is -2.29. The summed E-state index contributed by atoms with van der Waals surface area (Å²) in [4.78, 5) is 10.6. The molecule has 0 radical (unpaired) electrons. The molecule has 5 nitrogen and oxygen atoms in total. The smallest absolute Gasteiger partial charge is 0.243 e. The van der Waals surface area contributed by atoms with Crippen LogP contribution >= 0.6 is 0 Å². The summed E-state index contributed by atoms with van der Waals surface area (Å²) < 4.78 is 31.2. The van der Waals surface area contributed by atoms with Gasteiger partial charge in [-0.3, -0.25) is 0 Å². The van der Waals surface area contributed by atoms with Gasteiger partial charge in [-0.1, -0.05) is 0 Å². The fraction of sp³-hybridized carbons (Fsp3) is 0.462. The van der Waals surface area contributed by atoms with Gasteiger partial charge >= 0.3 is 0 Å². The number of sulfonamides is 1. The molecule has 0 unspecified atom stereocenters. The molecule has 1 aromatic rings. The van der Waals surface area contributed by atoms with Gasteiger partial charge < -0.3 is 9.53 Å². The largest absolute Gasteiger partial charge is 0.497 e. The summed E-state index contributed by atoms with van der Waals surface area (Å²) in [7, 11) is -0.564. The number of nitrogens with zero attached hydrogens (tertiary/aromatic N) is 1. The van der Waals surface area contributed by atoms with Crippen LogP contribution in [0.25, 0.3) is 0 Å². The minimum atomic E-state index is -3.58. The Kier molecular flexibility index (Phi) is 5.08.